The molecule has 1 fully saturated rings. The highest BCUT2D eigenvalue weighted by atomic mass is 16.3. The normalized spacial score (nSPS) is 15.1. The number of benzene rings is 1. The minimum Gasteiger partial charge on any atom is -0.465 e. The van der Waals surface area contributed by atoms with Gasteiger partial charge >= 0.3 is 0 Å². The Morgan fingerprint density at radius 3 is 2.61 bits per heavy atom. The summed E-state index contributed by atoms with van der Waals surface area (Å²) >= 11 is 0. The number of nitrogens with one attached hydrogen (secondary N) is 1. The van der Waals surface area contributed by atoms with E-state index in [1.54, 1.807) is 24.5 Å². The summed E-state index contributed by atoms with van der Waals surface area (Å²) < 4.78 is 5.13. The number of furan rings is 1. The van der Waals surface area contributed by atoms with Gasteiger partial charge in [0.05, 0.1) is 6.26 Å². The Balaban J connectivity index is 1.30. The second-order valence-corrected chi connectivity index (χ2v) is 7.24. The van der Waals surface area contributed by atoms with E-state index in [1.807, 2.05) is 11.0 Å². The number of piperidine rings is 1. The summed E-state index contributed by atoms with van der Waals surface area (Å²) in [5, 5.41) is 2.75. The monoisotopic (exact) mass is 380 g/mol. The molecule has 2 amide bonds. The Bertz CT molecular complexity index is 760. The number of carbonyl (C=O) groups excluding carboxylic acids is 2. The second-order valence-electron chi connectivity index (χ2n) is 7.24. The van der Waals surface area contributed by atoms with E-state index in [-0.39, 0.29) is 11.8 Å². The van der Waals surface area contributed by atoms with Crippen molar-refractivity contribution in [1.82, 2.24) is 10.2 Å². The molecular formula is C23H28N2O3. The fourth-order valence-corrected chi connectivity index (χ4v) is 3.54. The van der Waals surface area contributed by atoms with Gasteiger partial charge in [-0.25, -0.2) is 0 Å². The zero-order chi connectivity index (χ0) is 19.6. The molecular weight excluding hydrogens is 352 g/mol. The summed E-state index contributed by atoms with van der Waals surface area (Å²) in [5.41, 5.74) is 1.39. The van der Waals surface area contributed by atoms with Crippen LogP contribution in [0.15, 0.2) is 59.2 Å². The van der Waals surface area contributed by atoms with Gasteiger partial charge in [-0.3, -0.25) is 9.59 Å². The Morgan fingerprint density at radius 1 is 1.11 bits per heavy atom. The third-order valence-corrected chi connectivity index (χ3v) is 5.23. The largest absolute Gasteiger partial charge is 0.465 e. The molecule has 148 valence electrons. The van der Waals surface area contributed by atoms with Crippen molar-refractivity contribution in [3.8, 4) is 0 Å². The van der Waals surface area contributed by atoms with Crippen LogP contribution >= 0.6 is 0 Å². The lowest BCUT2D eigenvalue weighted by atomic mass is 9.90. The first-order valence-corrected chi connectivity index (χ1v) is 10.0. The van der Waals surface area contributed by atoms with Crippen LogP contribution in [-0.4, -0.2) is 36.3 Å². The van der Waals surface area contributed by atoms with Crippen LogP contribution in [0.25, 0.3) is 6.08 Å². The lowest BCUT2D eigenvalue weighted by Gasteiger charge is -2.32. The molecule has 0 bridgehead atoms. The first kappa shape index (κ1) is 19.9. The summed E-state index contributed by atoms with van der Waals surface area (Å²) in [6, 6.07) is 14.1. The van der Waals surface area contributed by atoms with Gasteiger partial charge in [-0.15, -0.1) is 0 Å². The highest BCUT2D eigenvalue weighted by molar-refractivity contribution is 5.91. The van der Waals surface area contributed by atoms with E-state index in [0.717, 1.165) is 32.4 Å². The van der Waals surface area contributed by atoms with Gasteiger partial charge in [0.25, 0.3) is 0 Å². The lowest BCUT2D eigenvalue weighted by Crippen LogP contribution is -2.40. The first-order valence-electron chi connectivity index (χ1n) is 10.0. The highest BCUT2D eigenvalue weighted by Gasteiger charge is 2.22. The molecule has 1 aliphatic rings. The molecule has 0 radical (unpaired) electrons. The predicted molar refractivity (Wildman–Crippen MR) is 109 cm³/mol. The van der Waals surface area contributed by atoms with E-state index in [9.17, 15) is 9.59 Å². The van der Waals surface area contributed by atoms with Gasteiger partial charge in [-0.05, 0) is 55.4 Å². The van der Waals surface area contributed by atoms with Crippen molar-refractivity contribution in [3.05, 3.63) is 66.1 Å². The number of hydrogen-bond acceptors (Lipinski definition) is 3. The first-order chi connectivity index (χ1) is 13.7. The van der Waals surface area contributed by atoms with Crippen LogP contribution in [-0.2, 0) is 16.0 Å². The molecule has 1 aliphatic heterocycles. The van der Waals surface area contributed by atoms with Gasteiger partial charge in [0.2, 0.25) is 11.8 Å². The zero-order valence-corrected chi connectivity index (χ0v) is 16.2. The van der Waals surface area contributed by atoms with Crippen LogP contribution in [0.1, 0.15) is 37.0 Å². The van der Waals surface area contributed by atoms with E-state index < -0.39 is 0 Å². The lowest BCUT2D eigenvalue weighted by molar-refractivity contribution is -0.132. The fraction of sp³-hybridized carbons (Fsp3) is 0.391. The third-order valence-electron chi connectivity index (χ3n) is 5.23. The summed E-state index contributed by atoms with van der Waals surface area (Å²) in [7, 11) is 0. The van der Waals surface area contributed by atoms with Crippen LogP contribution in [0.5, 0.6) is 0 Å². The molecule has 0 aliphatic carbocycles. The van der Waals surface area contributed by atoms with Crippen LogP contribution in [0.2, 0.25) is 0 Å². The van der Waals surface area contributed by atoms with Crippen molar-refractivity contribution in [3.63, 3.8) is 0 Å². The van der Waals surface area contributed by atoms with E-state index >= 15 is 0 Å². The summed E-state index contributed by atoms with van der Waals surface area (Å²) in [4.78, 5) is 26.0. The molecule has 3 rings (SSSR count). The van der Waals surface area contributed by atoms with Gasteiger partial charge in [0, 0.05) is 32.1 Å². The molecule has 1 N–H and O–H groups in total. The maximum Gasteiger partial charge on any atom is 0.244 e. The molecule has 1 aromatic carbocycles. The van der Waals surface area contributed by atoms with Crippen LogP contribution in [0.4, 0.5) is 0 Å². The Morgan fingerprint density at radius 2 is 1.89 bits per heavy atom. The number of carbonyl (C=O) groups is 2. The van der Waals surface area contributed by atoms with Crippen LogP contribution in [0.3, 0.4) is 0 Å². The minimum atomic E-state index is -0.219. The molecule has 0 unspecified atom stereocenters. The van der Waals surface area contributed by atoms with Crippen LogP contribution < -0.4 is 5.32 Å². The van der Waals surface area contributed by atoms with Crippen molar-refractivity contribution in [2.75, 3.05) is 19.6 Å². The molecule has 5 heteroatoms. The van der Waals surface area contributed by atoms with E-state index in [4.69, 9.17) is 4.42 Å². The Hall–Kier alpha value is -2.82. The summed E-state index contributed by atoms with van der Waals surface area (Å²) in [5.74, 6) is 1.22. The van der Waals surface area contributed by atoms with Gasteiger partial charge < -0.3 is 14.6 Å². The number of likely N-dealkylation sites (tertiary alicyclic amines) is 1. The average Bonchev–Trinajstić information content (AvgIpc) is 3.25. The second kappa shape index (κ2) is 10.5. The molecule has 0 spiro atoms. The topological polar surface area (TPSA) is 62.6 Å². The quantitative estimate of drug-likeness (QED) is 0.711. The molecule has 5 nitrogen and oxygen atoms in total. The van der Waals surface area contributed by atoms with Crippen molar-refractivity contribution >= 4 is 17.9 Å². The fourth-order valence-electron chi connectivity index (χ4n) is 3.54. The van der Waals surface area contributed by atoms with Gasteiger partial charge in [0.1, 0.15) is 5.76 Å². The SMILES string of the molecule is O=C(/C=C/c1ccco1)NCCC(=O)N1CCC(CCc2ccccc2)CC1. The molecule has 28 heavy (non-hydrogen) atoms. The van der Waals surface area contributed by atoms with E-state index in [0.29, 0.717) is 24.6 Å². The molecule has 2 aromatic rings. The van der Waals surface area contributed by atoms with Gasteiger partial charge in [-0.1, -0.05) is 30.3 Å². The van der Waals surface area contributed by atoms with Crippen molar-refractivity contribution < 1.29 is 14.0 Å². The van der Waals surface area contributed by atoms with E-state index in [1.165, 1.54) is 18.1 Å². The summed E-state index contributed by atoms with van der Waals surface area (Å²) in [6.07, 6.45) is 9.35. The number of amides is 2. The Kier molecular flexibility index (Phi) is 7.47. The summed E-state index contributed by atoms with van der Waals surface area (Å²) in [6.45, 7) is 2.00. The smallest absolute Gasteiger partial charge is 0.244 e. The predicted octanol–water partition coefficient (Wildman–Crippen LogP) is 3.67. The van der Waals surface area contributed by atoms with Crippen molar-refractivity contribution in [2.45, 2.75) is 32.1 Å². The zero-order valence-electron chi connectivity index (χ0n) is 16.2. The maximum absolute atomic E-state index is 12.4. The molecule has 1 saturated heterocycles. The average molecular weight is 380 g/mol. The van der Waals surface area contributed by atoms with Gasteiger partial charge in [0.15, 0.2) is 0 Å². The van der Waals surface area contributed by atoms with Gasteiger partial charge in [-0.2, -0.15) is 0 Å². The third kappa shape index (κ3) is 6.41. The minimum absolute atomic E-state index is 0.122. The van der Waals surface area contributed by atoms with Crippen LogP contribution in [0, 0.1) is 5.92 Å². The molecule has 1 aromatic heterocycles. The molecule has 2 heterocycles. The van der Waals surface area contributed by atoms with Crippen molar-refractivity contribution in [2.24, 2.45) is 5.92 Å². The molecule has 0 saturated carbocycles. The number of hydrogen-bond donors (Lipinski definition) is 1. The van der Waals surface area contributed by atoms with E-state index in [2.05, 4.69) is 29.6 Å². The number of rotatable bonds is 8. The molecule has 0 atom stereocenters. The number of aryl methyl sites for hydroxylation is 1. The van der Waals surface area contributed by atoms with Crippen molar-refractivity contribution in [1.29, 1.82) is 0 Å². The highest BCUT2D eigenvalue weighted by Crippen LogP contribution is 2.22. The maximum atomic E-state index is 12.4. The standard InChI is InChI=1S/C23H28N2O3/c26-22(11-10-21-7-4-18-28-21)24-15-12-23(27)25-16-13-20(14-17-25)9-8-19-5-2-1-3-6-19/h1-7,10-11,18,20H,8-9,12-17H2,(H,24,26)/b11-10+. The number of nitrogens with zero attached hydrogens (tertiary/aromatic N) is 1. The Labute approximate surface area is 166 Å².